The third-order valence-corrected chi connectivity index (χ3v) is 4.01. The van der Waals surface area contributed by atoms with Gasteiger partial charge in [-0.05, 0) is 25.2 Å². The third kappa shape index (κ3) is 6.82. The van der Waals surface area contributed by atoms with Gasteiger partial charge < -0.3 is 27.1 Å². The summed E-state index contributed by atoms with van der Waals surface area (Å²) in [6.45, 7) is 5.73. The lowest BCUT2D eigenvalue weighted by Crippen LogP contribution is -2.29. The van der Waals surface area contributed by atoms with Crippen LogP contribution >= 0.6 is 0 Å². The number of rotatable bonds is 11. The molecule has 140 valence electrons. The number of primary amides is 1. The van der Waals surface area contributed by atoms with Gasteiger partial charge >= 0.3 is 0 Å². The first kappa shape index (κ1) is 20.5. The zero-order chi connectivity index (χ0) is 18.8. The van der Waals surface area contributed by atoms with Crippen LogP contribution in [0.3, 0.4) is 0 Å². The van der Waals surface area contributed by atoms with E-state index in [0.717, 1.165) is 12.8 Å². The first-order chi connectivity index (χ1) is 11.9. The number of carbonyl (C=O) groups excluding carboxylic acids is 2. The Morgan fingerprint density at radius 3 is 2.64 bits per heavy atom. The van der Waals surface area contributed by atoms with Crippen molar-refractivity contribution in [3.05, 3.63) is 17.7 Å². The molecule has 1 unspecified atom stereocenters. The number of amides is 2. The first-order valence-electron chi connectivity index (χ1n) is 8.55. The highest BCUT2D eigenvalue weighted by Gasteiger charge is 2.19. The van der Waals surface area contributed by atoms with Crippen LogP contribution in [-0.4, -0.2) is 40.4 Å². The molecule has 0 aliphatic rings. The van der Waals surface area contributed by atoms with Crippen molar-refractivity contribution in [2.24, 2.45) is 28.1 Å². The lowest BCUT2D eigenvalue weighted by atomic mass is 10.1. The van der Waals surface area contributed by atoms with Gasteiger partial charge in [0.2, 0.25) is 0 Å². The number of imidazole rings is 1. The monoisotopic (exact) mass is 351 g/mol. The fourth-order valence-corrected chi connectivity index (χ4v) is 2.29. The molecule has 1 rings (SSSR count). The van der Waals surface area contributed by atoms with Crippen LogP contribution in [0.2, 0.25) is 0 Å². The molecule has 0 saturated heterocycles. The number of hydrogen-bond donors (Lipinski definition) is 4. The van der Waals surface area contributed by atoms with E-state index >= 15 is 0 Å². The fraction of sp³-hybridized carbons (Fsp3) is 0.625. The van der Waals surface area contributed by atoms with Crippen molar-refractivity contribution in [2.45, 2.75) is 46.1 Å². The number of unbranched alkanes of at least 4 members (excludes halogenated alkanes) is 1. The number of nitrogens with zero attached hydrogens (tertiary/aromatic N) is 3. The minimum absolute atomic E-state index is 0.0434. The molecule has 25 heavy (non-hydrogen) atoms. The maximum absolute atomic E-state index is 12.3. The zero-order valence-electron chi connectivity index (χ0n) is 15.0. The van der Waals surface area contributed by atoms with Gasteiger partial charge in [-0.1, -0.05) is 20.3 Å². The average molecular weight is 351 g/mol. The van der Waals surface area contributed by atoms with Crippen LogP contribution in [0.1, 0.15) is 60.6 Å². The van der Waals surface area contributed by atoms with Crippen molar-refractivity contribution in [3.63, 3.8) is 0 Å². The largest absolute Gasteiger partial charge is 0.370 e. The molecule has 1 heterocycles. The summed E-state index contributed by atoms with van der Waals surface area (Å²) in [6.07, 6.45) is 4.68. The third-order valence-electron chi connectivity index (χ3n) is 4.01. The molecule has 0 aliphatic heterocycles. The Labute approximate surface area is 148 Å². The van der Waals surface area contributed by atoms with Crippen molar-refractivity contribution >= 4 is 17.8 Å². The van der Waals surface area contributed by atoms with Crippen molar-refractivity contribution < 1.29 is 9.59 Å². The van der Waals surface area contributed by atoms with Crippen LogP contribution in [0.5, 0.6) is 0 Å². The summed E-state index contributed by atoms with van der Waals surface area (Å²) in [5.74, 6) is -0.145. The second-order valence-electron chi connectivity index (χ2n) is 6.05. The normalized spacial score (nSPS) is 11.8. The second kappa shape index (κ2) is 10.3. The molecule has 1 aromatic heterocycles. The van der Waals surface area contributed by atoms with E-state index in [9.17, 15) is 9.59 Å². The molecule has 0 radical (unpaired) electrons. The maximum Gasteiger partial charge on any atom is 0.287 e. The maximum atomic E-state index is 12.3. The molecule has 0 aliphatic carbocycles. The zero-order valence-corrected chi connectivity index (χ0v) is 15.0. The number of nitrogens with two attached hydrogens (primary N) is 3. The number of aliphatic imine (C=N–C) groups is 1. The van der Waals surface area contributed by atoms with Gasteiger partial charge in [-0.2, -0.15) is 0 Å². The Morgan fingerprint density at radius 2 is 2.04 bits per heavy atom. The smallest absolute Gasteiger partial charge is 0.287 e. The summed E-state index contributed by atoms with van der Waals surface area (Å²) in [5, 5.41) is 2.84. The summed E-state index contributed by atoms with van der Waals surface area (Å²) in [4.78, 5) is 31.9. The van der Waals surface area contributed by atoms with Crippen molar-refractivity contribution in [2.75, 3.05) is 13.1 Å². The van der Waals surface area contributed by atoms with Crippen LogP contribution in [-0.2, 0) is 6.54 Å². The summed E-state index contributed by atoms with van der Waals surface area (Å²) >= 11 is 0. The Morgan fingerprint density at radius 1 is 1.32 bits per heavy atom. The summed E-state index contributed by atoms with van der Waals surface area (Å²) in [6, 6.07) is 0. The SMILES string of the molecule is CCC(C)CCNC(=O)c1ncc(C(N)=O)n1CCCCN=C(N)N. The van der Waals surface area contributed by atoms with Crippen LogP contribution in [0.15, 0.2) is 11.2 Å². The van der Waals surface area contributed by atoms with Gasteiger partial charge in [0.15, 0.2) is 11.8 Å². The number of guanidine groups is 1. The van der Waals surface area contributed by atoms with Crippen LogP contribution in [0, 0.1) is 5.92 Å². The van der Waals surface area contributed by atoms with Crippen LogP contribution in [0.25, 0.3) is 0 Å². The van der Waals surface area contributed by atoms with E-state index in [0.29, 0.717) is 38.4 Å². The summed E-state index contributed by atoms with van der Waals surface area (Å²) in [7, 11) is 0. The van der Waals surface area contributed by atoms with Gasteiger partial charge in [0.05, 0.1) is 6.20 Å². The molecule has 0 saturated carbocycles. The van der Waals surface area contributed by atoms with Gasteiger partial charge in [-0.3, -0.25) is 14.6 Å². The van der Waals surface area contributed by atoms with Crippen molar-refractivity contribution in [1.82, 2.24) is 14.9 Å². The lowest BCUT2D eigenvalue weighted by molar-refractivity contribution is 0.0936. The molecule has 0 spiro atoms. The predicted octanol–water partition coefficient (Wildman–Crippen LogP) is 0.202. The summed E-state index contributed by atoms with van der Waals surface area (Å²) < 4.78 is 1.55. The molecule has 0 aromatic carbocycles. The molecular weight excluding hydrogens is 322 g/mol. The van der Waals surface area contributed by atoms with Crippen molar-refractivity contribution in [3.8, 4) is 0 Å². The van der Waals surface area contributed by atoms with Crippen molar-refractivity contribution in [1.29, 1.82) is 0 Å². The number of aromatic nitrogens is 2. The van der Waals surface area contributed by atoms with Crippen LogP contribution < -0.4 is 22.5 Å². The summed E-state index contributed by atoms with van der Waals surface area (Å²) in [5.41, 5.74) is 16.1. The Bertz CT molecular complexity index is 606. The molecule has 2 amide bonds. The molecule has 7 N–H and O–H groups in total. The van der Waals surface area contributed by atoms with E-state index in [4.69, 9.17) is 17.2 Å². The standard InChI is InChI=1S/C16H29N7O2/c1-3-11(2)6-8-20-15(25)14-22-10-12(13(17)24)23(14)9-5-4-7-21-16(18)19/h10-11H,3-9H2,1-2H3,(H2,17,24)(H,20,25)(H4,18,19,21). The molecular formula is C16H29N7O2. The molecule has 0 fully saturated rings. The quantitative estimate of drug-likeness (QED) is 0.255. The number of hydrogen-bond acceptors (Lipinski definition) is 4. The predicted molar refractivity (Wildman–Crippen MR) is 97.1 cm³/mol. The molecule has 1 atom stereocenters. The van der Waals surface area contributed by atoms with E-state index in [1.807, 2.05) is 0 Å². The fourth-order valence-electron chi connectivity index (χ4n) is 2.29. The van der Waals surface area contributed by atoms with E-state index in [1.165, 1.54) is 6.20 Å². The van der Waals surface area contributed by atoms with E-state index in [-0.39, 0.29) is 23.4 Å². The van der Waals surface area contributed by atoms with Crippen LogP contribution in [0.4, 0.5) is 0 Å². The molecule has 1 aromatic rings. The van der Waals surface area contributed by atoms with Gasteiger partial charge in [0.25, 0.3) is 11.8 Å². The first-order valence-corrected chi connectivity index (χ1v) is 8.55. The molecule has 9 nitrogen and oxygen atoms in total. The molecule has 9 heteroatoms. The number of carbonyl (C=O) groups is 2. The lowest BCUT2D eigenvalue weighted by Gasteiger charge is -2.12. The van der Waals surface area contributed by atoms with Gasteiger partial charge in [-0.15, -0.1) is 0 Å². The van der Waals surface area contributed by atoms with E-state index in [2.05, 4.69) is 29.1 Å². The minimum Gasteiger partial charge on any atom is -0.370 e. The number of nitrogens with one attached hydrogen (secondary N) is 1. The molecule has 0 bridgehead atoms. The minimum atomic E-state index is -0.615. The van der Waals surface area contributed by atoms with Gasteiger partial charge in [-0.25, -0.2) is 4.98 Å². The van der Waals surface area contributed by atoms with E-state index in [1.54, 1.807) is 4.57 Å². The highest BCUT2D eigenvalue weighted by molar-refractivity contribution is 5.95. The Balaban J connectivity index is 2.70. The Hall–Kier alpha value is -2.58. The highest BCUT2D eigenvalue weighted by Crippen LogP contribution is 2.09. The average Bonchev–Trinajstić information content (AvgIpc) is 2.98. The van der Waals surface area contributed by atoms with Gasteiger partial charge in [0, 0.05) is 19.6 Å². The second-order valence-corrected chi connectivity index (χ2v) is 6.05. The van der Waals surface area contributed by atoms with E-state index < -0.39 is 5.91 Å². The highest BCUT2D eigenvalue weighted by atomic mass is 16.2. The topological polar surface area (TPSA) is 154 Å². The Kier molecular flexibility index (Phi) is 8.45. The van der Waals surface area contributed by atoms with Gasteiger partial charge in [0.1, 0.15) is 5.69 Å².